The molecule has 8 nitrogen and oxygen atoms in total. The van der Waals surface area contributed by atoms with Crippen molar-refractivity contribution in [2.24, 2.45) is 0 Å². The molecule has 1 amide bonds. The monoisotopic (exact) mass is 385 g/mol. The molecule has 1 aliphatic rings. The predicted octanol–water partition coefficient (Wildman–Crippen LogP) is 2.46. The van der Waals surface area contributed by atoms with Crippen molar-refractivity contribution in [1.82, 2.24) is 0 Å². The smallest absolute Gasteiger partial charge is 0.338 e. The third kappa shape index (κ3) is 4.22. The maximum Gasteiger partial charge on any atom is 0.338 e. The second kappa shape index (κ2) is 8.43. The Bertz CT molecular complexity index is 906. The van der Waals surface area contributed by atoms with E-state index in [1.54, 1.807) is 24.3 Å². The first-order chi connectivity index (χ1) is 13.5. The van der Waals surface area contributed by atoms with Crippen molar-refractivity contribution in [3.63, 3.8) is 0 Å². The highest BCUT2D eigenvalue weighted by molar-refractivity contribution is 6.04. The van der Waals surface area contributed by atoms with Gasteiger partial charge in [0, 0.05) is 5.56 Å². The van der Waals surface area contributed by atoms with Crippen LogP contribution in [0.2, 0.25) is 0 Å². The topological polar surface area (TPSA) is 100 Å². The van der Waals surface area contributed by atoms with Crippen LogP contribution < -0.4 is 19.5 Å². The molecule has 0 aromatic heterocycles. The van der Waals surface area contributed by atoms with Gasteiger partial charge in [-0.05, 0) is 31.2 Å². The summed E-state index contributed by atoms with van der Waals surface area (Å²) in [6.07, 6.45) is 0. The number of ether oxygens (including phenoxy) is 4. The van der Waals surface area contributed by atoms with Gasteiger partial charge in [0.05, 0.1) is 18.4 Å². The van der Waals surface area contributed by atoms with Crippen molar-refractivity contribution in [2.45, 2.75) is 6.92 Å². The normalized spacial score (nSPS) is 12.1. The first-order valence-corrected chi connectivity index (χ1v) is 8.54. The summed E-state index contributed by atoms with van der Waals surface area (Å²) in [5.41, 5.74) is 0.897. The van der Waals surface area contributed by atoms with Crippen LogP contribution in [0.4, 0.5) is 5.69 Å². The molecule has 1 heterocycles. The Morgan fingerprint density at radius 2 is 1.86 bits per heavy atom. The van der Waals surface area contributed by atoms with E-state index in [4.69, 9.17) is 18.9 Å². The SMILES string of the molecule is COc1cc(C(=O)OCC(=O)Nc2ccccc2C(C)=O)cc2c1OCCO2. The number of hydrogen-bond acceptors (Lipinski definition) is 7. The zero-order valence-electron chi connectivity index (χ0n) is 15.4. The molecule has 8 heteroatoms. The number of hydrogen-bond donors (Lipinski definition) is 1. The first-order valence-electron chi connectivity index (χ1n) is 8.54. The summed E-state index contributed by atoms with van der Waals surface area (Å²) in [5, 5.41) is 2.56. The van der Waals surface area contributed by atoms with E-state index in [1.807, 2.05) is 0 Å². The number of esters is 1. The summed E-state index contributed by atoms with van der Waals surface area (Å²) in [6.45, 7) is 1.63. The Hall–Kier alpha value is -3.55. The van der Waals surface area contributed by atoms with Gasteiger partial charge in [-0.3, -0.25) is 9.59 Å². The van der Waals surface area contributed by atoms with Gasteiger partial charge in [0.15, 0.2) is 23.9 Å². The number of carbonyl (C=O) groups is 3. The number of anilines is 1. The largest absolute Gasteiger partial charge is 0.493 e. The summed E-state index contributed by atoms with van der Waals surface area (Å²) in [5.74, 6) is -0.335. The minimum absolute atomic E-state index is 0.165. The summed E-state index contributed by atoms with van der Waals surface area (Å²) < 4.78 is 21.2. The van der Waals surface area contributed by atoms with E-state index >= 15 is 0 Å². The second-order valence-electron chi connectivity index (χ2n) is 5.93. The van der Waals surface area contributed by atoms with E-state index in [1.165, 1.54) is 26.2 Å². The van der Waals surface area contributed by atoms with Crippen molar-refractivity contribution in [2.75, 3.05) is 32.2 Å². The maximum atomic E-state index is 12.3. The standard InChI is InChI=1S/C20H19NO7/c1-12(22)14-5-3-4-6-15(14)21-18(23)11-28-20(24)13-9-16(25-2)19-17(10-13)26-7-8-27-19/h3-6,9-10H,7-8,11H2,1-2H3,(H,21,23). The van der Waals surface area contributed by atoms with Gasteiger partial charge in [0.2, 0.25) is 5.75 Å². The van der Waals surface area contributed by atoms with Crippen LogP contribution in [0.25, 0.3) is 0 Å². The maximum absolute atomic E-state index is 12.3. The van der Waals surface area contributed by atoms with E-state index in [9.17, 15) is 14.4 Å². The van der Waals surface area contributed by atoms with E-state index in [0.717, 1.165) is 0 Å². The van der Waals surface area contributed by atoms with Crippen LogP contribution in [-0.2, 0) is 9.53 Å². The summed E-state index contributed by atoms with van der Waals surface area (Å²) in [6, 6.07) is 9.52. The van der Waals surface area contributed by atoms with Gasteiger partial charge >= 0.3 is 5.97 Å². The second-order valence-corrected chi connectivity index (χ2v) is 5.93. The van der Waals surface area contributed by atoms with Crippen molar-refractivity contribution >= 4 is 23.3 Å². The predicted molar refractivity (Wildman–Crippen MR) is 99.3 cm³/mol. The Kier molecular flexibility index (Phi) is 5.78. The fourth-order valence-electron chi connectivity index (χ4n) is 2.69. The van der Waals surface area contributed by atoms with Gasteiger partial charge in [-0.2, -0.15) is 0 Å². The van der Waals surface area contributed by atoms with Gasteiger partial charge in [-0.25, -0.2) is 4.79 Å². The minimum atomic E-state index is -0.717. The molecule has 1 aliphatic heterocycles. The van der Waals surface area contributed by atoms with Crippen molar-refractivity contribution in [3.8, 4) is 17.2 Å². The fourth-order valence-corrected chi connectivity index (χ4v) is 2.69. The molecule has 146 valence electrons. The third-order valence-corrected chi connectivity index (χ3v) is 3.98. The number of ketones is 1. The third-order valence-electron chi connectivity index (χ3n) is 3.98. The van der Waals surface area contributed by atoms with Crippen molar-refractivity contribution in [1.29, 1.82) is 0 Å². The zero-order valence-corrected chi connectivity index (χ0v) is 15.4. The number of Topliss-reactive ketones (excluding diaryl/α,β-unsaturated/α-hetero) is 1. The zero-order chi connectivity index (χ0) is 20.1. The van der Waals surface area contributed by atoms with Crippen LogP contribution in [0, 0.1) is 0 Å². The average Bonchev–Trinajstić information content (AvgIpc) is 2.71. The molecule has 2 aromatic rings. The molecule has 0 saturated carbocycles. The number of para-hydroxylation sites is 1. The van der Waals surface area contributed by atoms with Crippen molar-refractivity contribution in [3.05, 3.63) is 47.5 Å². The Balaban J connectivity index is 1.66. The summed E-state index contributed by atoms with van der Waals surface area (Å²) in [7, 11) is 1.45. The number of carbonyl (C=O) groups excluding carboxylic acids is 3. The Morgan fingerprint density at radius 1 is 1.11 bits per heavy atom. The highest BCUT2D eigenvalue weighted by Crippen LogP contribution is 2.40. The number of benzene rings is 2. The van der Waals surface area contributed by atoms with Crippen LogP contribution in [0.3, 0.4) is 0 Å². The molecule has 0 radical (unpaired) electrons. The van der Waals surface area contributed by atoms with Gasteiger partial charge in [-0.1, -0.05) is 12.1 Å². The van der Waals surface area contributed by atoms with Crippen molar-refractivity contribution < 1.29 is 33.3 Å². The average molecular weight is 385 g/mol. The van der Waals surface area contributed by atoms with Crippen LogP contribution in [0.1, 0.15) is 27.6 Å². The lowest BCUT2D eigenvalue weighted by molar-refractivity contribution is -0.119. The molecule has 0 spiro atoms. The highest BCUT2D eigenvalue weighted by atomic mass is 16.6. The van der Waals surface area contributed by atoms with Gasteiger partial charge < -0.3 is 24.3 Å². The van der Waals surface area contributed by atoms with Gasteiger partial charge in [0.1, 0.15) is 13.2 Å². The van der Waals surface area contributed by atoms with E-state index in [2.05, 4.69) is 5.32 Å². The van der Waals surface area contributed by atoms with Crippen LogP contribution in [-0.4, -0.2) is 44.6 Å². The molecule has 3 rings (SSSR count). The van der Waals surface area contributed by atoms with Gasteiger partial charge in [0.25, 0.3) is 5.91 Å². The van der Waals surface area contributed by atoms with Crippen LogP contribution in [0.15, 0.2) is 36.4 Å². The Labute approximate surface area is 161 Å². The molecular weight excluding hydrogens is 366 g/mol. The van der Waals surface area contributed by atoms with E-state index < -0.39 is 18.5 Å². The number of rotatable bonds is 6. The molecule has 0 bridgehead atoms. The lowest BCUT2D eigenvalue weighted by Gasteiger charge is -2.21. The van der Waals surface area contributed by atoms with E-state index in [-0.39, 0.29) is 11.3 Å². The summed E-state index contributed by atoms with van der Waals surface area (Å²) in [4.78, 5) is 36.0. The number of amides is 1. The quantitative estimate of drug-likeness (QED) is 0.602. The molecule has 2 aromatic carbocycles. The van der Waals surface area contributed by atoms with Gasteiger partial charge in [-0.15, -0.1) is 0 Å². The molecule has 1 N–H and O–H groups in total. The summed E-state index contributed by atoms with van der Waals surface area (Å²) >= 11 is 0. The lowest BCUT2D eigenvalue weighted by atomic mass is 10.1. The minimum Gasteiger partial charge on any atom is -0.493 e. The highest BCUT2D eigenvalue weighted by Gasteiger charge is 2.22. The molecule has 0 fully saturated rings. The number of nitrogens with one attached hydrogen (secondary N) is 1. The van der Waals surface area contributed by atoms with Crippen LogP contribution >= 0.6 is 0 Å². The molecule has 28 heavy (non-hydrogen) atoms. The Morgan fingerprint density at radius 3 is 2.61 bits per heavy atom. The van der Waals surface area contributed by atoms with Crippen LogP contribution in [0.5, 0.6) is 17.2 Å². The molecule has 0 aliphatic carbocycles. The fraction of sp³-hybridized carbons (Fsp3) is 0.250. The molecule has 0 saturated heterocycles. The lowest BCUT2D eigenvalue weighted by Crippen LogP contribution is -2.22. The molecular formula is C20H19NO7. The number of methoxy groups -OCH3 is 1. The first kappa shape index (κ1) is 19.2. The number of fused-ring (bicyclic) bond motifs is 1. The molecule has 0 unspecified atom stereocenters. The van der Waals surface area contributed by atoms with E-state index in [0.29, 0.717) is 41.7 Å². The molecule has 0 atom stereocenters.